The van der Waals surface area contributed by atoms with E-state index in [1.165, 1.54) is 60.2 Å². The molecule has 0 bridgehead atoms. The van der Waals surface area contributed by atoms with E-state index in [0.29, 0.717) is 0 Å². The first-order chi connectivity index (χ1) is 38.6. The third kappa shape index (κ3) is 7.22. The molecule has 2 aliphatic rings. The van der Waals surface area contributed by atoms with Gasteiger partial charge < -0.3 is 14.2 Å². The molecule has 0 saturated carbocycles. The summed E-state index contributed by atoms with van der Waals surface area (Å²) in [5.41, 5.74) is 23.8. The quantitative estimate of drug-likeness (QED) is 0.148. The smallest absolute Gasteiger partial charge is 0.252 e. The van der Waals surface area contributed by atoms with E-state index in [4.69, 9.17) is 4.42 Å². The number of fused-ring (bicyclic) bond motifs is 9. The molecule has 3 nitrogen and oxygen atoms in total. The molecular formula is C74H47BN2O. The first-order valence-corrected chi connectivity index (χ1v) is 26.9. The van der Waals surface area contributed by atoms with Crippen LogP contribution in [-0.4, -0.2) is 6.71 Å². The summed E-state index contributed by atoms with van der Waals surface area (Å²) in [7, 11) is 0. The number of furan rings is 1. The molecule has 2 aliphatic heterocycles. The van der Waals surface area contributed by atoms with Gasteiger partial charge in [-0.05, 0) is 172 Å². The van der Waals surface area contributed by atoms with Gasteiger partial charge in [0.15, 0.2) is 0 Å². The van der Waals surface area contributed by atoms with Crippen molar-refractivity contribution in [3.8, 4) is 55.6 Å². The maximum absolute atomic E-state index is 6.67. The Labute approximate surface area is 453 Å². The molecule has 0 saturated heterocycles. The number of anilines is 6. The van der Waals surface area contributed by atoms with Crippen molar-refractivity contribution in [2.24, 2.45) is 0 Å². The summed E-state index contributed by atoms with van der Waals surface area (Å²) < 4.78 is 6.67. The summed E-state index contributed by atoms with van der Waals surface area (Å²) in [5.74, 6) is 0. The van der Waals surface area contributed by atoms with Crippen LogP contribution in [0.4, 0.5) is 34.1 Å². The van der Waals surface area contributed by atoms with Crippen LogP contribution in [0.3, 0.4) is 0 Å². The van der Waals surface area contributed by atoms with Crippen LogP contribution in [0.15, 0.2) is 290 Å². The van der Waals surface area contributed by atoms with Gasteiger partial charge in [0, 0.05) is 44.9 Å². The number of nitrogens with zero attached hydrogens (tertiary/aromatic N) is 2. The van der Waals surface area contributed by atoms with Gasteiger partial charge in [-0.3, -0.25) is 0 Å². The van der Waals surface area contributed by atoms with Gasteiger partial charge in [0.1, 0.15) is 11.2 Å². The molecule has 0 N–H and O–H groups in total. The summed E-state index contributed by atoms with van der Waals surface area (Å²) in [6, 6.07) is 105. The van der Waals surface area contributed by atoms with E-state index in [-0.39, 0.29) is 6.71 Å². The molecule has 1 aromatic heterocycles. The van der Waals surface area contributed by atoms with Gasteiger partial charge >= 0.3 is 0 Å². The van der Waals surface area contributed by atoms with Crippen LogP contribution in [0.25, 0.3) is 99.1 Å². The first kappa shape index (κ1) is 44.2. The zero-order valence-corrected chi connectivity index (χ0v) is 42.5. The Kier molecular flexibility index (Phi) is 10.0. The molecule has 0 amide bonds. The van der Waals surface area contributed by atoms with E-state index in [2.05, 4.69) is 289 Å². The van der Waals surface area contributed by atoms with Crippen molar-refractivity contribution < 1.29 is 4.42 Å². The SMILES string of the molecule is c1ccc(-c2cc(-c3ccccc3)cc(N3c4cc5ccccc5cc4B4c5cc6ccccc6cc5N(c5cc(-c6ccccc6)cc(-c6ccccc6)c5)c5cc(-c6ccc7c(c6)oc6ccccc67)cc3c54)c2)cc1. The molecule has 0 atom stereocenters. The maximum atomic E-state index is 6.67. The van der Waals surface area contributed by atoms with Gasteiger partial charge in [-0.1, -0.05) is 206 Å². The molecule has 13 aromatic carbocycles. The monoisotopic (exact) mass is 990 g/mol. The third-order valence-electron chi connectivity index (χ3n) is 16.3. The molecule has 3 heterocycles. The van der Waals surface area contributed by atoms with Crippen LogP contribution >= 0.6 is 0 Å². The summed E-state index contributed by atoms with van der Waals surface area (Å²) >= 11 is 0. The summed E-state index contributed by atoms with van der Waals surface area (Å²) in [6.07, 6.45) is 0. The second-order valence-electron chi connectivity index (χ2n) is 20.9. The lowest BCUT2D eigenvalue weighted by Gasteiger charge is -2.45. The number of para-hydroxylation sites is 1. The van der Waals surface area contributed by atoms with Gasteiger partial charge in [-0.25, -0.2) is 0 Å². The summed E-state index contributed by atoms with van der Waals surface area (Å²) in [5, 5.41) is 7.05. The molecule has 16 rings (SSSR count). The normalized spacial score (nSPS) is 12.5. The van der Waals surface area contributed by atoms with Crippen molar-refractivity contribution in [3.63, 3.8) is 0 Å². The number of hydrogen-bond donors (Lipinski definition) is 0. The van der Waals surface area contributed by atoms with Crippen molar-refractivity contribution in [2.45, 2.75) is 0 Å². The topological polar surface area (TPSA) is 19.6 Å². The highest BCUT2D eigenvalue weighted by Gasteiger charge is 2.44. The minimum absolute atomic E-state index is 0.120. The van der Waals surface area contributed by atoms with E-state index in [1.807, 2.05) is 6.07 Å². The first-order valence-electron chi connectivity index (χ1n) is 26.9. The second kappa shape index (κ2) is 17.7. The van der Waals surface area contributed by atoms with Crippen LogP contribution in [-0.2, 0) is 0 Å². The van der Waals surface area contributed by atoms with Crippen molar-refractivity contribution in [1.82, 2.24) is 0 Å². The van der Waals surface area contributed by atoms with Crippen molar-refractivity contribution >= 4 is 101 Å². The average molecular weight is 991 g/mol. The highest BCUT2D eigenvalue weighted by Crippen LogP contribution is 2.50. The number of rotatable bonds is 7. The molecule has 78 heavy (non-hydrogen) atoms. The molecule has 0 fully saturated rings. The van der Waals surface area contributed by atoms with Crippen molar-refractivity contribution in [2.75, 3.05) is 9.80 Å². The fourth-order valence-corrected chi connectivity index (χ4v) is 12.7. The third-order valence-corrected chi connectivity index (χ3v) is 16.3. The van der Waals surface area contributed by atoms with Gasteiger partial charge in [0.25, 0.3) is 6.71 Å². The van der Waals surface area contributed by atoms with Crippen LogP contribution in [0, 0.1) is 0 Å². The summed E-state index contributed by atoms with van der Waals surface area (Å²) in [4.78, 5) is 5.17. The fourth-order valence-electron chi connectivity index (χ4n) is 12.7. The maximum Gasteiger partial charge on any atom is 0.252 e. The molecular weight excluding hydrogens is 944 g/mol. The van der Waals surface area contributed by atoms with E-state index in [1.54, 1.807) is 0 Å². The van der Waals surface area contributed by atoms with E-state index >= 15 is 0 Å². The Morgan fingerprint density at radius 3 is 1.06 bits per heavy atom. The van der Waals surface area contributed by atoms with E-state index in [0.717, 1.165) is 89.4 Å². The lowest BCUT2D eigenvalue weighted by molar-refractivity contribution is 0.669. The van der Waals surface area contributed by atoms with Crippen LogP contribution < -0.4 is 26.2 Å². The molecule has 0 spiro atoms. The number of hydrogen-bond acceptors (Lipinski definition) is 3. The summed E-state index contributed by atoms with van der Waals surface area (Å²) in [6.45, 7) is -0.120. The Morgan fingerprint density at radius 1 is 0.244 bits per heavy atom. The predicted octanol–water partition coefficient (Wildman–Crippen LogP) is 18.3. The largest absolute Gasteiger partial charge is 0.456 e. The van der Waals surface area contributed by atoms with Crippen molar-refractivity contribution in [3.05, 3.63) is 285 Å². The van der Waals surface area contributed by atoms with Crippen LogP contribution in [0.5, 0.6) is 0 Å². The highest BCUT2D eigenvalue weighted by atomic mass is 16.3. The molecule has 0 radical (unpaired) electrons. The van der Waals surface area contributed by atoms with E-state index < -0.39 is 0 Å². The lowest BCUT2D eigenvalue weighted by atomic mass is 9.33. The van der Waals surface area contributed by atoms with Gasteiger partial charge in [-0.15, -0.1) is 0 Å². The van der Waals surface area contributed by atoms with Crippen LogP contribution in [0.1, 0.15) is 0 Å². The highest BCUT2D eigenvalue weighted by molar-refractivity contribution is 7.00. The predicted molar refractivity (Wildman–Crippen MR) is 330 cm³/mol. The van der Waals surface area contributed by atoms with Gasteiger partial charge in [-0.2, -0.15) is 0 Å². The molecule has 0 aliphatic carbocycles. The Balaban J connectivity index is 1.05. The lowest BCUT2D eigenvalue weighted by Crippen LogP contribution is -2.61. The Hall–Kier alpha value is -10.2. The van der Waals surface area contributed by atoms with Gasteiger partial charge in [0.05, 0.1) is 0 Å². The zero-order valence-electron chi connectivity index (χ0n) is 42.5. The minimum atomic E-state index is -0.120. The Bertz CT molecular complexity index is 4330. The molecule has 362 valence electrons. The zero-order chi connectivity index (χ0) is 51.3. The number of benzene rings is 13. The fraction of sp³-hybridized carbons (Fsp3) is 0. The molecule has 14 aromatic rings. The van der Waals surface area contributed by atoms with E-state index in [9.17, 15) is 0 Å². The van der Waals surface area contributed by atoms with Crippen molar-refractivity contribution in [1.29, 1.82) is 0 Å². The minimum Gasteiger partial charge on any atom is -0.456 e. The second-order valence-corrected chi connectivity index (χ2v) is 20.9. The van der Waals surface area contributed by atoms with Gasteiger partial charge in [0.2, 0.25) is 0 Å². The molecule has 4 heteroatoms. The van der Waals surface area contributed by atoms with Crippen LogP contribution in [0.2, 0.25) is 0 Å². The molecule has 0 unspecified atom stereocenters. The standard InChI is InChI=1S/C74H47BN2O/c1-5-19-48(20-6-1)57-35-58(49-21-7-2-8-22-49)38-62(37-57)76-68-43-54-29-15-13-27-52(54)41-66(68)75-67-42-53-28-14-16-30-55(53)44-69(67)77(63-39-59(50-23-9-3-10-24-50)36-60(40-63)51-25-11-4-12-26-51)71-46-61(45-70(76)74(71)75)56-33-34-65-64-31-17-18-32-72(64)78-73(65)47-56/h1-47H. The Morgan fingerprint density at radius 2 is 0.615 bits per heavy atom. The average Bonchev–Trinajstić information content (AvgIpc) is 3.97.